The molecule has 88 valence electrons. The fraction of sp³-hybridized carbons (Fsp3) is 0.500. The first kappa shape index (κ1) is 11.6. The monoisotopic (exact) mass is 242 g/mol. The second-order valence-electron chi connectivity index (χ2n) is 3.93. The highest BCUT2D eigenvalue weighted by Gasteiger charge is 2.18. The number of rotatable bonds is 3. The van der Waals surface area contributed by atoms with E-state index >= 15 is 0 Å². The van der Waals surface area contributed by atoms with Crippen molar-refractivity contribution in [3.05, 3.63) is 23.5 Å². The summed E-state index contributed by atoms with van der Waals surface area (Å²) in [5.74, 6) is 1.82. The average molecular weight is 242 g/mol. The SMILES string of the molecule is CC(CCS)c1cc2c(cc1F)OCCO2. The Balaban J connectivity index is 2.31. The molecule has 0 amide bonds. The molecule has 0 saturated carbocycles. The Morgan fingerprint density at radius 2 is 1.94 bits per heavy atom. The van der Waals surface area contributed by atoms with E-state index in [9.17, 15) is 4.39 Å². The summed E-state index contributed by atoms with van der Waals surface area (Å²) < 4.78 is 24.5. The highest BCUT2D eigenvalue weighted by Crippen LogP contribution is 2.35. The Hall–Kier alpha value is -0.900. The van der Waals surface area contributed by atoms with Crippen LogP contribution in [0.25, 0.3) is 0 Å². The lowest BCUT2D eigenvalue weighted by atomic mass is 9.97. The molecule has 0 bridgehead atoms. The largest absolute Gasteiger partial charge is 0.486 e. The third kappa shape index (κ3) is 2.26. The van der Waals surface area contributed by atoms with E-state index in [1.54, 1.807) is 6.07 Å². The quantitative estimate of drug-likeness (QED) is 0.821. The molecule has 16 heavy (non-hydrogen) atoms. The van der Waals surface area contributed by atoms with Gasteiger partial charge in [0.05, 0.1) is 0 Å². The lowest BCUT2D eigenvalue weighted by molar-refractivity contribution is 0.170. The maximum absolute atomic E-state index is 13.8. The summed E-state index contributed by atoms with van der Waals surface area (Å²) in [5, 5.41) is 0. The summed E-state index contributed by atoms with van der Waals surface area (Å²) in [4.78, 5) is 0. The molecule has 1 aliphatic rings. The number of hydrogen-bond donors (Lipinski definition) is 1. The van der Waals surface area contributed by atoms with Gasteiger partial charge >= 0.3 is 0 Å². The smallest absolute Gasteiger partial charge is 0.164 e. The number of benzene rings is 1. The Bertz CT molecular complexity index is 382. The molecule has 0 aromatic heterocycles. The lowest BCUT2D eigenvalue weighted by Gasteiger charge is -2.21. The molecule has 0 N–H and O–H groups in total. The molecule has 2 nitrogen and oxygen atoms in total. The van der Waals surface area contributed by atoms with Gasteiger partial charge in [0.25, 0.3) is 0 Å². The number of halogens is 1. The topological polar surface area (TPSA) is 18.5 Å². The summed E-state index contributed by atoms with van der Waals surface area (Å²) in [5.41, 5.74) is 0.679. The first-order chi connectivity index (χ1) is 7.72. The van der Waals surface area contributed by atoms with Crippen LogP contribution in [0, 0.1) is 5.82 Å². The number of thiol groups is 1. The summed E-state index contributed by atoms with van der Waals surface area (Å²) >= 11 is 4.16. The van der Waals surface area contributed by atoms with Crippen molar-refractivity contribution in [1.29, 1.82) is 0 Å². The van der Waals surface area contributed by atoms with Gasteiger partial charge in [0, 0.05) is 6.07 Å². The van der Waals surface area contributed by atoms with E-state index in [2.05, 4.69) is 12.6 Å². The molecule has 1 unspecified atom stereocenters. The second kappa shape index (κ2) is 4.95. The van der Waals surface area contributed by atoms with E-state index in [1.165, 1.54) is 6.07 Å². The van der Waals surface area contributed by atoms with Gasteiger partial charge in [-0.2, -0.15) is 12.6 Å². The van der Waals surface area contributed by atoms with Crippen LogP contribution < -0.4 is 9.47 Å². The van der Waals surface area contributed by atoms with Crippen LogP contribution >= 0.6 is 12.6 Å². The third-order valence-corrected chi connectivity index (χ3v) is 3.01. The van der Waals surface area contributed by atoms with Gasteiger partial charge in [-0.1, -0.05) is 6.92 Å². The second-order valence-corrected chi connectivity index (χ2v) is 4.38. The van der Waals surface area contributed by atoms with Gasteiger partial charge in [0.1, 0.15) is 19.0 Å². The van der Waals surface area contributed by atoms with Crippen molar-refractivity contribution in [2.45, 2.75) is 19.3 Å². The first-order valence-electron chi connectivity index (χ1n) is 5.42. The molecule has 1 aromatic carbocycles. The van der Waals surface area contributed by atoms with E-state index in [-0.39, 0.29) is 11.7 Å². The Kier molecular flexibility index (Phi) is 3.59. The molecule has 1 aromatic rings. The molecule has 0 fully saturated rings. The maximum Gasteiger partial charge on any atom is 0.164 e. The van der Waals surface area contributed by atoms with E-state index in [1.807, 2.05) is 6.92 Å². The zero-order valence-corrected chi connectivity index (χ0v) is 10.1. The summed E-state index contributed by atoms with van der Waals surface area (Å²) in [6.45, 7) is 3.00. The van der Waals surface area contributed by atoms with Crippen LogP contribution in [0.15, 0.2) is 12.1 Å². The van der Waals surface area contributed by atoms with Gasteiger partial charge in [-0.05, 0) is 29.7 Å². The van der Waals surface area contributed by atoms with Crippen LogP contribution in [0.1, 0.15) is 24.8 Å². The fourth-order valence-electron chi connectivity index (χ4n) is 1.81. The summed E-state index contributed by atoms with van der Waals surface area (Å²) in [6, 6.07) is 3.16. The minimum absolute atomic E-state index is 0.147. The summed E-state index contributed by atoms with van der Waals surface area (Å²) in [7, 11) is 0. The molecule has 1 heterocycles. The van der Waals surface area contributed by atoms with E-state index in [4.69, 9.17) is 9.47 Å². The van der Waals surface area contributed by atoms with Gasteiger partial charge in [-0.3, -0.25) is 0 Å². The summed E-state index contributed by atoms with van der Waals surface area (Å²) in [6.07, 6.45) is 0.847. The van der Waals surface area contributed by atoms with E-state index in [0.29, 0.717) is 30.3 Å². The average Bonchev–Trinajstić information content (AvgIpc) is 2.28. The van der Waals surface area contributed by atoms with Crippen molar-refractivity contribution in [1.82, 2.24) is 0 Å². The molecular formula is C12H15FO2S. The molecule has 0 saturated heterocycles. The van der Waals surface area contributed by atoms with E-state index in [0.717, 1.165) is 12.2 Å². The molecule has 0 spiro atoms. The van der Waals surface area contributed by atoms with Crippen molar-refractivity contribution in [3.8, 4) is 11.5 Å². The normalized spacial score (nSPS) is 15.9. The zero-order valence-electron chi connectivity index (χ0n) is 9.20. The molecule has 2 rings (SSSR count). The zero-order chi connectivity index (χ0) is 11.5. The Morgan fingerprint density at radius 3 is 2.56 bits per heavy atom. The number of hydrogen-bond acceptors (Lipinski definition) is 3. The Labute approximate surface area is 100 Å². The highest BCUT2D eigenvalue weighted by atomic mass is 32.1. The standard InChI is InChI=1S/C12H15FO2S/c1-8(2-5-16)9-6-11-12(7-10(9)13)15-4-3-14-11/h6-8,16H,2-5H2,1H3. The maximum atomic E-state index is 13.8. The predicted molar refractivity (Wildman–Crippen MR) is 64.3 cm³/mol. The molecule has 4 heteroatoms. The van der Waals surface area contributed by atoms with Crippen LogP contribution in [0.5, 0.6) is 11.5 Å². The van der Waals surface area contributed by atoms with Gasteiger partial charge in [0.15, 0.2) is 11.5 Å². The lowest BCUT2D eigenvalue weighted by Crippen LogP contribution is -2.16. The third-order valence-electron chi connectivity index (χ3n) is 2.75. The van der Waals surface area contributed by atoms with Crippen molar-refractivity contribution >= 4 is 12.6 Å². The minimum Gasteiger partial charge on any atom is -0.486 e. The van der Waals surface area contributed by atoms with Gasteiger partial charge in [0.2, 0.25) is 0 Å². The van der Waals surface area contributed by atoms with Crippen LogP contribution in [-0.2, 0) is 0 Å². The number of ether oxygens (including phenoxy) is 2. The van der Waals surface area contributed by atoms with Gasteiger partial charge in [-0.25, -0.2) is 4.39 Å². The van der Waals surface area contributed by atoms with Crippen LogP contribution in [0.2, 0.25) is 0 Å². The first-order valence-corrected chi connectivity index (χ1v) is 6.05. The Morgan fingerprint density at radius 1 is 1.31 bits per heavy atom. The van der Waals surface area contributed by atoms with Crippen molar-refractivity contribution in [3.63, 3.8) is 0 Å². The van der Waals surface area contributed by atoms with Crippen LogP contribution in [0.3, 0.4) is 0 Å². The van der Waals surface area contributed by atoms with Crippen LogP contribution in [-0.4, -0.2) is 19.0 Å². The van der Waals surface area contributed by atoms with Crippen molar-refractivity contribution in [2.75, 3.05) is 19.0 Å². The highest BCUT2D eigenvalue weighted by molar-refractivity contribution is 7.80. The minimum atomic E-state index is -0.224. The van der Waals surface area contributed by atoms with Gasteiger partial charge < -0.3 is 9.47 Å². The molecule has 0 radical (unpaired) electrons. The van der Waals surface area contributed by atoms with Crippen molar-refractivity contribution < 1.29 is 13.9 Å². The van der Waals surface area contributed by atoms with Crippen LogP contribution in [0.4, 0.5) is 4.39 Å². The molecular weight excluding hydrogens is 227 g/mol. The molecule has 1 aliphatic heterocycles. The number of fused-ring (bicyclic) bond motifs is 1. The van der Waals surface area contributed by atoms with Gasteiger partial charge in [-0.15, -0.1) is 0 Å². The molecule has 0 aliphatic carbocycles. The molecule has 1 atom stereocenters. The van der Waals surface area contributed by atoms with E-state index < -0.39 is 0 Å². The fourth-order valence-corrected chi connectivity index (χ4v) is 2.19. The van der Waals surface area contributed by atoms with Crippen molar-refractivity contribution in [2.24, 2.45) is 0 Å². The predicted octanol–water partition coefficient (Wildman–Crippen LogP) is 3.02.